The fraction of sp³-hybridized carbons (Fsp3) is 0.300. The van der Waals surface area contributed by atoms with Gasteiger partial charge in [0.15, 0.2) is 6.10 Å². The zero-order valence-corrected chi connectivity index (χ0v) is 17.2. The first-order valence-corrected chi connectivity index (χ1v) is 9.70. The molecule has 5 nitrogen and oxygen atoms in total. The van der Waals surface area contributed by atoms with Gasteiger partial charge < -0.3 is 14.8 Å². The molecule has 0 fully saturated rings. The van der Waals surface area contributed by atoms with E-state index in [4.69, 9.17) is 21.1 Å². The summed E-state index contributed by atoms with van der Waals surface area (Å²) in [4.78, 5) is 25.4. The van der Waals surface area contributed by atoms with Crippen molar-refractivity contribution < 1.29 is 19.1 Å². The van der Waals surface area contributed by atoms with E-state index in [-0.39, 0.29) is 5.75 Å². The lowest BCUT2D eigenvalue weighted by atomic mass is 10.2. The number of rotatable bonds is 7. The molecule has 0 aromatic heterocycles. The minimum atomic E-state index is -0.944. The highest BCUT2D eigenvalue weighted by molar-refractivity contribution is 8.00. The number of esters is 1. The van der Waals surface area contributed by atoms with E-state index in [1.165, 1.54) is 25.8 Å². The highest BCUT2D eigenvalue weighted by Crippen LogP contribution is 2.28. The van der Waals surface area contributed by atoms with Crippen LogP contribution >= 0.6 is 23.4 Å². The first-order chi connectivity index (χ1) is 12.8. The van der Waals surface area contributed by atoms with E-state index in [9.17, 15) is 9.59 Å². The molecule has 0 aliphatic heterocycles. The molecule has 1 N–H and O–H groups in total. The number of amides is 1. The molecule has 2 aromatic rings. The summed E-state index contributed by atoms with van der Waals surface area (Å²) in [6.45, 7) is 5.51. The largest absolute Gasteiger partial charge is 0.495 e. The van der Waals surface area contributed by atoms with Crippen molar-refractivity contribution in [3.63, 3.8) is 0 Å². The molecule has 2 aromatic carbocycles. The standard InChI is InChI=1S/C20H22ClNO4S/c1-12-5-6-13(2)18(9-12)27-11-19(23)26-14(3)20(24)22-16-10-15(21)7-8-17(16)25-4/h5-10,14H,11H2,1-4H3,(H,22,24). The van der Waals surface area contributed by atoms with Crippen molar-refractivity contribution in [1.82, 2.24) is 0 Å². The summed E-state index contributed by atoms with van der Waals surface area (Å²) in [5, 5.41) is 3.12. The highest BCUT2D eigenvalue weighted by Gasteiger charge is 2.19. The molecule has 0 saturated heterocycles. The Morgan fingerprint density at radius 3 is 2.63 bits per heavy atom. The van der Waals surface area contributed by atoms with Crippen LogP contribution in [0.4, 0.5) is 5.69 Å². The second-order valence-corrected chi connectivity index (χ2v) is 7.48. The topological polar surface area (TPSA) is 64.6 Å². The molecule has 0 spiro atoms. The van der Waals surface area contributed by atoms with E-state index in [1.807, 2.05) is 32.0 Å². The Morgan fingerprint density at radius 2 is 1.93 bits per heavy atom. The summed E-state index contributed by atoms with van der Waals surface area (Å²) < 4.78 is 10.4. The normalized spacial score (nSPS) is 11.6. The van der Waals surface area contributed by atoms with Crippen LogP contribution in [-0.2, 0) is 14.3 Å². The third kappa shape index (κ3) is 6.19. The van der Waals surface area contributed by atoms with E-state index in [0.717, 1.165) is 16.0 Å². The average molecular weight is 408 g/mol. The van der Waals surface area contributed by atoms with Gasteiger partial charge in [-0.25, -0.2) is 0 Å². The number of halogens is 1. The van der Waals surface area contributed by atoms with Gasteiger partial charge in [-0.05, 0) is 50.6 Å². The Kier molecular flexibility index (Phi) is 7.56. The van der Waals surface area contributed by atoms with Gasteiger partial charge in [0.1, 0.15) is 5.75 Å². The first-order valence-electron chi connectivity index (χ1n) is 8.34. The van der Waals surface area contributed by atoms with Crippen LogP contribution in [0.1, 0.15) is 18.1 Å². The molecule has 0 saturated carbocycles. The second-order valence-electron chi connectivity index (χ2n) is 6.02. The Labute approximate surface area is 168 Å². The van der Waals surface area contributed by atoms with Gasteiger partial charge in [0.25, 0.3) is 5.91 Å². The maximum atomic E-state index is 12.3. The third-order valence-electron chi connectivity index (χ3n) is 3.79. The Bertz CT molecular complexity index is 841. The van der Waals surface area contributed by atoms with Crippen LogP contribution in [0.5, 0.6) is 5.75 Å². The van der Waals surface area contributed by atoms with E-state index in [2.05, 4.69) is 5.32 Å². The molecule has 1 atom stereocenters. The summed E-state index contributed by atoms with van der Waals surface area (Å²) in [6.07, 6.45) is -0.944. The lowest BCUT2D eigenvalue weighted by Gasteiger charge is -2.15. The number of aryl methyl sites for hydroxylation is 2. The van der Waals surface area contributed by atoms with Crippen molar-refractivity contribution in [3.8, 4) is 5.75 Å². The van der Waals surface area contributed by atoms with Crippen LogP contribution in [0.25, 0.3) is 0 Å². The maximum Gasteiger partial charge on any atom is 0.317 e. The zero-order chi connectivity index (χ0) is 20.0. The van der Waals surface area contributed by atoms with Crippen molar-refractivity contribution in [2.45, 2.75) is 31.8 Å². The number of anilines is 1. The Balaban J connectivity index is 1.91. The zero-order valence-electron chi connectivity index (χ0n) is 15.7. The van der Waals surface area contributed by atoms with Gasteiger partial charge in [0, 0.05) is 9.92 Å². The van der Waals surface area contributed by atoms with E-state index in [0.29, 0.717) is 16.5 Å². The van der Waals surface area contributed by atoms with Crippen LogP contribution in [0.3, 0.4) is 0 Å². The number of carbonyl (C=O) groups excluding carboxylic acids is 2. The fourth-order valence-corrected chi connectivity index (χ4v) is 3.37. The minimum absolute atomic E-state index is 0.127. The second kappa shape index (κ2) is 9.67. The predicted octanol–water partition coefficient (Wildman–Crippen LogP) is 4.63. The molecule has 0 heterocycles. The average Bonchev–Trinajstić information content (AvgIpc) is 2.62. The van der Waals surface area contributed by atoms with Crippen LogP contribution < -0.4 is 10.1 Å². The van der Waals surface area contributed by atoms with Crippen molar-refractivity contribution >= 4 is 40.9 Å². The molecule has 0 bridgehead atoms. The minimum Gasteiger partial charge on any atom is -0.495 e. The van der Waals surface area contributed by atoms with Crippen molar-refractivity contribution in [2.24, 2.45) is 0 Å². The highest BCUT2D eigenvalue weighted by atomic mass is 35.5. The van der Waals surface area contributed by atoms with E-state index < -0.39 is 18.0 Å². The van der Waals surface area contributed by atoms with Gasteiger partial charge in [-0.3, -0.25) is 9.59 Å². The molecule has 27 heavy (non-hydrogen) atoms. The molecule has 0 aliphatic carbocycles. The van der Waals surface area contributed by atoms with Gasteiger partial charge in [0.2, 0.25) is 0 Å². The molecule has 0 radical (unpaired) electrons. The molecular formula is C20H22ClNO4S. The van der Waals surface area contributed by atoms with Gasteiger partial charge in [0.05, 0.1) is 18.6 Å². The quantitative estimate of drug-likeness (QED) is 0.535. The van der Waals surface area contributed by atoms with Crippen molar-refractivity contribution in [1.29, 1.82) is 0 Å². The monoisotopic (exact) mass is 407 g/mol. The Morgan fingerprint density at radius 1 is 1.19 bits per heavy atom. The van der Waals surface area contributed by atoms with Crippen LogP contribution in [0.2, 0.25) is 5.02 Å². The number of nitrogens with one attached hydrogen (secondary N) is 1. The molecule has 144 valence electrons. The number of benzene rings is 2. The van der Waals surface area contributed by atoms with Gasteiger partial charge >= 0.3 is 5.97 Å². The number of hydrogen-bond donors (Lipinski definition) is 1. The number of hydrogen-bond acceptors (Lipinski definition) is 5. The Hall–Kier alpha value is -2.18. The van der Waals surface area contributed by atoms with E-state index >= 15 is 0 Å². The molecule has 2 rings (SSSR count). The fourth-order valence-electron chi connectivity index (χ4n) is 2.30. The SMILES string of the molecule is COc1ccc(Cl)cc1NC(=O)C(C)OC(=O)CSc1cc(C)ccc1C. The van der Waals surface area contributed by atoms with E-state index in [1.54, 1.807) is 18.2 Å². The third-order valence-corrected chi connectivity index (χ3v) is 5.15. The molecule has 1 amide bonds. The van der Waals surface area contributed by atoms with Crippen LogP contribution in [-0.4, -0.2) is 30.8 Å². The number of carbonyl (C=O) groups is 2. The summed E-state index contributed by atoms with van der Waals surface area (Å²) in [5.41, 5.74) is 2.64. The van der Waals surface area contributed by atoms with Crippen LogP contribution in [0, 0.1) is 13.8 Å². The smallest absolute Gasteiger partial charge is 0.317 e. The molecule has 7 heteroatoms. The van der Waals surface area contributed by atoms with Gasteiger partial charge in [-0.15, -0.1) is 11.8 Å². The molecular weight excluding hydrogens is 386 g/mol. The first kappa shape index (κ1) is 21.1. The summed E-state index contributed by atoms with van der Waals surface area (Å²) in [5.74, 6) is -0.318. The summed E-state index contributed by atoms with van der Waals surface area (Å²) >= 11 is 7.34. The molecule has 1 unspecified atom stereocenters. The number of ether oxygens (including phenoxy) is 2. The maximum absolute atomic E-state index is 12.3. The van der Waals surface area contributed by atoms with Crippen LogP contribution in [0.15, 0.2) is 41.3 Å². The van der Waals surface area contributed by atoms with Gasteiger partial charge in [-0.1, -0.05) is 29.3 Å². The number of thioether (sulfide) groups is 1. The van der Waals surface area contributed by atoms with Gasteiger partial charge in [-0.2, -0.15) is 0 Å². The van der Waals surface area contributed by atoms with Crippen molar-refractivity contribution in [2.75, 3.05) is 18.2 Å². The summed E-state index contributed by atoms with van der Waals surface area (Å²) in [6, 6.07) is 10.9. The molecule has 0 aliphatic rings. The lowest BCUT2D eigenvalue weighted by Crippen LogP contribution is -2.30. The van der Waals surface area contributed by atoms with Crippen molar-refractivity contribution in [3.05, 3.63) is 52.5 Å². The lowest BCUT2D eigenvalue weighted by molar-refractivity contribution is -0.150. The summed E-state index contributed by atoms with van der Waals surface area (Å²) in [7, 11) is 1.49. The predicted molar refractivity (Wildman–Crippen MR) is 109 cm³/mol. The number of methoxy groups -OCH3 is 1.